The van der Waals surface area contributed by atoms with Gasteiger partial charge in [0.1, 0.15) is 5.75 Å². The van der Waals surface area contributed by atoms with Gasteiger partial charge < -0.3 is 10.1 Å². The number of amides is 1. The van der Waals surface area contributed by atoms with Gasteiger partial charge in [-0.3, -0.25) is 4.79 Å². The van der Waals surface area contributed by atoms with Crippen LogP contribution in [0.4, 0.5) is 5.69 Å². The van der Waals surface area contributed by atoms with Crippen LogP contribution in [0.25, 0.3) is 6.08 Å². The third-order valence-corrected chi connectivity index (χ3v) is 3.39. The molecule has 0 heterocycles. The van der Waals surface area contributed by atoms with E-state index in [-0.39, 0.29) is 12.0 Å². The van der Waals surface area contributed by atoms with Gasteiger partial charge in [0.25, 0.3) is 0 Å². The molecule has 0 aromatic heterocycles. The molecule has 2 aromatic carbocycles. The summed E-state index contributed by atoms with van der Waals surface area (Å²) < 4.78 is 5.65. The van der Waals surface area contributed by atoms with E-state index in [1.165, 1.54) is 0 Å². The van der Waals surface area contributed by atoms with Gasteiger partial charge in [-0.15, -0.1) is 0 Å². The van der Waals surface area contributed by atoms with E-state index < -0.39 is 0 Å². The van der Waals surface area contributed by atoms with E-state index in [4.69, 9.17) is 4.74 Å². The van der Waals surface area contributed by atoms with E-state index >= 15 is 0 Å². The smallest absolute Gasteiger partial charge is 0.248 e. The van der Waals surface area contributed by atoms with Crippen molar-refractivity contribution in [2.24, 2.45) is 0 Å². The summed E-state index contributed by atoms with van der Waals surface area (Å²) in [6.45, 7) is 7.94. The Balaban J connectivity index is 2.07. The summed E-state index contributed by atoms with van der Waals surface area (Å²) in [6.07, 6.45) is 3.46. The highest BCUT2D eigenvalue weighted by atomic mass is 16.5. The molecule has 3 nitrogen and oxygen atoms in total. The second-order valence-electron chi connectivity index (χ2n) is 5.83. The number of hydrogen-bond donors (Lipinski definition) is 1. The number of para-hydroxylation sites is 1. The number of carbonyl (C=O) groups excluding carboxylic acids is 1. The first-order chi connectivity index (χ1) is 11.0. The number of aryl methyl sites for hydroxylation is 2. The van der Waals surface area contributed by atoms with Gasteiger partial charge in [0.15, 0.2) is 0 Å². The Bertz CT molecular complexity index is 697. The molecule has 0 aliphatic heterocycles. The van der Waals surface area contributed by atoms with E-state index in [0.717, 1.165) is 28.1 Å². The molecule has 0 saturated carbocycles. The molecule has 23 heavy (non-hydrogen) atoms. The molecule has 0 saturated heterocycles. The van der Waals surface area contributed by atoms with Crippen LogP contribution in [0.15, 0.2) is 48.5 Å². The summed E-state index contributed by atoms with van der Waals surface area (Å²) in [5, 5.41) is 2.94. The number of rotatable bonds is 5. The van der Waals surface area contributed by atoms with Crippen molar-refractivity contribution < 1.29 is 9.53 Å². The van der Waals surface area contributed by atoms with E-state index in [1.54, 1.807) is 12.2 Å². The highest BCUT2D eigenvalue weighted by molar-refractivity contribution is 6.02. The number of ether oxygens (including phenoxy) is 1. The van der Waals surface area contributed by atoms with Crippen molar-refractivity contribution in [3.8, 4) is 5.75 Å². The second kappa shape index (κ2) is 7.63. The Labute approximate surface area is 138 Å². The molecule has 3 heteroatoms. The molecule has 2 aromatic rings. The van der Waals surface area contributed by atoms with Crippen LogP contribution in [-0.4, -0.2) is 12.0 Å². The molecule has 0 unspecified atom stereocenters. The summed E-state index contributed by atoms with van der Waals surface area (Å²) in [6, 6.07) is 13.6. The van der Waals surface area contributed by atoms with Gasteiger partial charge in [0.05, 0.1) is 6.10 Å². The molecule has 1 amide bonds. The van der Waals surface area contributed by atoms with Gasteiger partial charge >= 0.3 is 0 Å². The number of hydrogen-bond acceptors (Lipinski definition) is 2. The molecular weight excluding hydrogens is 286 g/mol. The lowest BCUT2D eigenvalue weighted by Crippen LogP contribution is -2.10. The third-order valence-electron chi connectivity index (χ3n) is 3.39. The highest BCUT2D eigenvalue weighted by Crippen LogP contribution is 2.20. The maximum atomic E-state index is 12.1. The first kappa shape index (κ1) is 16.8. The molecule has 0 aliphatic rings. The van der Waals surface area contributed by atoms with Gasteiger partial charge in [-0.05, 0) is 62.6 Å². The van der Waals surface area contributed by atoms with Crippen molar-refractivity contribution in [2.45, 2.75) is 33.8 Å². The molecule has 0 fully saturated rings. The lowest BCUT2D eigenvalue weighted by Gasteiger charge is -2.10. The normalized spacial score (nSPS) is 11.0. The van der Waals surface area contributed by atoms with Gasteiger partial charge in [-0.2, -0.15) is 0 Å². The van der Waals surface area contributed by atoms with E-state index in [2.05, 4.69) is 5.32 Å². The predicted molar refractivity (Wildman–Crippen MR) is 95.8 cm³/mol. The lowest BCUT2D eigenvalue weighted by molar-refractivity contribution is -0.111. The monoisotopic (exact) mass is 309 g/mol. The number of benzene rings is 2. The van der Waals surface area contributed by atoms with Crippen molar-refractivity contribution in [1.29, 1.82) is 0 Å². The Morgan fingerprint density at radius 1 is 1.09 bits per heavy atom. The number of nitrogens with one attached hydrogen (secondary N) is 1. The lowest BCUT2D eigenvalue weighted by atomic mass is 10.1. The molecule has 0 bridgehead atoms. The second-order valence-corrected chi connectivity index (χ2v) is 5.83. The topological polar surface area (TPSA) is 38.3 Å². The van der Waals surface area contributed by atoms with Gasteiger partial charge in [0.2, 0.25) is 5.91 Å². The molecular formula is C20H23NO2. The fourth-order valence-electron chi connectivity index (χ4n) is 2.31. The maximum Gasteiger partial charge on any atom is 0.248 e. The number of anilines is 1. The van der Waals surface area contributed by atoms with Crippen LogP contribution < -0.4 is 10.1 Å². The van der Waals surface area contributed by atoms with Crippen LogP contribution >= 0.6 is 0 Å². The Morgan fingerprint density at radius 2 is 1.74 bits per heavy atom. The van der Waals surface area contributed by atoms with Crippen molar-refractivity contribution in [2.75, 3.05) is 5.32 Å². The average molecular weight is 309 g/mol. The third kappa shape index (κ3) is 4.99. The van der Waals surface area contributed by atoms with E-state index in [9.17, 15) is 4.79 Å². The average Bonchev–Trinajstić information content (AvgIpc) is 2.49. The molecule has 0 atom stereocenters. The number of carbonyl (C=O) groups is 1. The first-order valence-electron chi connectivity index (χ1n) is 7.77. The van der Waals surface area contributed by atoms with Crippen molar-refractivity contribution in [3.63, 3.8) is 0 Å². The standard InChI is InChI=1S/C20H23NO2/c1-14(2)23-18-10-6-9-17(13-18)11-12-19(22)21-20-15(3)7-5-8-16(20)4/h5-14H,1-4H3,(H,21,22)/b12-11+. The summed E-state index contributed by atoms with van der Waals surface area (Å²) in [7, 11) is 0. The Morgan fingerprint density at radius 3 is 2.39 bits per heavy atom. The molecule has 0 spiro atoms. The largest absolute Gasteiger partial charge is 0.491 e. The summed E-state index contributed by atoms with van der Waals surface area (Å²) in [4.78, 5) is 12.1. The van der Waals surface area contributed by atoms with Crippen molar-refractivity contribution >= 4 is 17.7 Å². The highest BCUT2D eigenvalue weighted by Gasteiger charge is 2.04. The minimum Gasteiger partial charge on any atom is -0.491 e. The van der Waals surface area contributed by atoms with Crippen LogP contribution in [0.5, 0.6) is 5.75 Å². The van der Waals surface area contributed by atoms with Gasteiger partial charge in [-0.1, -0.05) is 30.3 Å². The van der Waals surface area contributed by atoms with Crippen LogP contribution in [0.3, 0.4) is 0 Å². The van der Waals surface area contributed by atoms with Crippen molar-refractivity contribution in [1.82, 2.24) is 0 Å². The SMILES string of the molecule is Cc1cccc(C)c1NC(=O)/C=C/c1cccc(OC(C)C)c1. The summed E-state index contributed by atoms with van der Waals surface area (Å²) in [5.74, 6) is 0.662. The zero-order chi connectivity index (χ0) is 16.8. The molecule has 0 radical (unpaired) electrons. The van der Waals surface area contributed by atoms with Crippen LogP contribution in [0, 0.1) is 13.8 Å². The minimum absolute atomic E-state index is 0.126. The molecule has 1 N–H and O–H groups in total. The van der Waals surface area contributed by atoms with E-state index in [1.807, 2.05) is 70.2 Å². The Hall–Kier alpha value is -2.55. The van der Waals surface area contributed by atoms with Gasteiger partial charge in [-0.25, -0.2) is 0 Å². The molecule has 120 valence electrons. The fraction of sp³-hybridized carbons (Fsp3) is 0.250. The molecule has 0 aliphatic carbocycles. The first-order valence-corrected chi connectivity index (χ1v) is 7.77. The van der Waals surface area contributed by atoms with Crippen LogP contribution in [0.1, 0.15) is 30.5 Å². The van der Waals surface area contributed by atoms with Crippen LogP contribution in [-0.2, 0) is 4.79 Å². The minimum atomic E-state index is -0.141. The molecule has 2 rings (SSSR count). The van der Waals surface area contributed by atoms with Crippen LogP contribution in [0.2, 0.25) is 0 Å². The maximum absolute atomic E-state index is 12.1. The van der Waals surface area contributed by atoms with Crippen molar-refractivity contribution in [3.05, 3.63) is 65.2 Å². The van der Waals surface area contributed by atoms with Gasteiger partial charge in [0, 0.05) is 11.8 Å². The zero-order valence-corrected chi connectivity index (χ0v) is 14.1. The Kier molecular flexibility index (Phi) is 5.58. The predicted octanol–water partition coefficient (Wildman–Crippen LogP) is 4.74. The van der Waals surface area contributed by atoms with E-state index in [0.29, 0.717) is 0 Å². The summed E-state index contributed by atoms with van der Waals surface area (Å²) >= 11 is 0. The zero-order valence-electron chi connectivity index (χ0n) is 14.1. The summed E-state index contributed by atoms with van der Waals surface area (Å²) in [5.41, 5.74) is 3.91. The quantitative estimate of drug-likeness (QED) is 0.810. The fourth-order valence-corrected chi connectivity index (χ4v) is 2.31.